The number of aryl methyl sites for hydroxylation is 1. The molecule has 4 heterocycles. The van der Waals surface area contributed by atoms with E-state index >= 15 is 0 Å². The second-order valence-corrected chi connectivity index (χ2v) is 7.07. The molecular formula is C22H21FN6O2. The normalized spacial score (nSPS) is 13.5. The SMILES string of the molecule is Cc1ccc(/C(=C\N)C(=O)N2CCc3nc[nH]c3C2)nc1.Fc1ccc2ocnc2c1. The van der Waals surface area contributed by atoms with Gasteiger partial charge in [-0.3, -0.25) is 9.78 Å². The van der Waals surface area contributed by atoms with Crippen molar-refractivity contribution in [3.63, 3.8) is 0 Å². The molecule has 1 aromatic carbocycles. The van der Waals surface area contributed by atoms with Crippen LogP contribution < -0.4 is 5.73 Å². The molecule has 8 nitrogen and oxygen atoms in total. The minimum Gasteiger partial charge on any atom is -0.443 e. The molecular weight excluding hydrogens is 399 g/mol. The average molecular weight is 420 g/mol. The minimum absolute atomic E-state index is 0.103. The first-order valence-corrected chi connectivity index (χ1v) is 9.69. The number of H-pyrrole nitrogens is 1. The Bertz CT molecular complexity index is 1230. The molecule has 31 heavy (non-hydrogen) atoms. The first-order chi connectivity index (χ1) is 15.0. The fraction of sp³-hybridized carbons (Fsp3) is 0.182. The summed E-state index contributed by atoms with van der Waals surface area (Å²) in [4.78, 5) is 29.8. The number of oxazole rings is 1. The van der Waals surface area contributed by atoms with Gasteiger partial charge in [-0.15, -0.1) is 0 Å². The van der Waals surface area contributed by atoms with Crippen LogP contribution in [-0.4, -0.2) is 37.3 Å². The molecule has 0 bridgehead atoms. The Morgan fingerprint density at radius 1 is 1.26 bits per heavy atom. The summed E-state index contributed by atoms with van der Waals surface area (Å²) in [5.41, 5.74) is 10.9. The van der Waals surface area contributed by atoms with Crippen LogP contribution in [0.15, 0.2) is 59.9 Å². The highest BCUT2D eigenvalue weighted by atomic mass is 19.1. The molecule has 9 heteroatoms. The highest BCUT2D eigenvalue weighted by Crippen LogP contribution is 2.20. The molecule has 1 amide bonds. The van der Waals surface area contributed by atoms with E-state index in [1.54, 1.807) is 23.5 Å². The van der Waals surface area contributed by atoms with Crippen molar-refractivity contribution in [1.82, 2.24) is 24.8 Å². The molecule has 5 rings (SSSR count). The molecule has 0 aliphatic carbocycles. The van der Waals surface area contributed by atoms with Crippen LogP contribution in [0, 0.1) is 12.7 Å². The largest absolute Gasteiger partial charge is 0.443 e. The highest BCUT2D eigenvalue weighted by Gasteiger charge is 2.25. The Morgan fingerprint density at radius 2 is 2.13 bits per heavy atom. The van der Waals surface area contributed by atoms with Gasteiger partial charge in [-0.25, -0.2) is 14.4 Å². The van der Waals surface area contributed by atoms with E-state index < -0.39 is 0 Å². The standard InChI is InChI=1S/C15H17N5O.C7H4FNO/c1-10-2-3-12(17-7-10)11(6-16)15(21)20-5-4-13-14(8-20)19-9-18-13;8-5-1-2-7-6(3-5)9-4-10-7/h2-3,6-7,9H,4-5,8,16H2,1H3,(H,18,19);1-4H/b11-6+;. The topological polar surface area (TPSA) is 114 Å². The Kier molecular flexibility index (Phi) is 5.74. The lowest BCUT2D eigenvalue weighted by atomic mass is 10.1. The molecule has 0 spiro atoms. The van der Waals surface area contributed by atoms with Crippen LogP contribution in [0.1, 0.15) is 22.6 Å². The van der Waals surface area contributed by atoms with E-state index in [2.05, 4.69) is 19.9 Å². The Labute approximate surface area is 177 Å². The van der Waals surface area contributed by atoms with Crippen LogP contribution in [0.5, 0.6) is 0 Å². The van der Waals surface area contributed by atoms with Crippen molar-refractivity contribution in [1.29, 1.82) is 0 Å². The van der Waals surface area contributed by atoms with Gasteiger partial charge in [0.25, 0.3) is 5.91 Å². The molecule has 0 saturated carbocycles. The van der Waals surface area contributed by atoms with Crippen LogP contribution in [-0.2, 0) is 17.8 Å². The van der Waals surface area contributed by atoms with Crippen LogP contribution >= 0.6 is 0 Å². The number of pyridine rings is 1. The zero-order chi connectivity index (χ0) is 21.8. The van der Waals surface area contributed by atoms with Crippen LogP contribution in [0.3, 0.4) is 0 Å². The number of rotatable bonds is 2. The van der Waals surface area contributed by atoms with Crippen molar-refractivity contribution in [2.45, 2.75) is 19.9 Å². The maximum atomic E-state index is 12.6. The summed E-state index contributed by atoms with van der Waals surface area (Å²) in [6, 6.07) is 7.96. The maximum absolute atomic E-state index is 12.6. The number of imidazole rings is 1. The molecule has 0 fully saturated rings. The lowest BCUT2D eigenvalue weighted by molar-refractivity contribution is -0.126. The van der Waals surface area contributed by atoms with Crippen molar-refractivity contribution >= 4 is 22.6 Å². The van der Waals surface area contributed by atoms with Crippen LogP contribution in [0.2, 0.25) is 0 Å². The Morgan fingerprint density at radius 3 is 2.90 bits per heavy atom. The predicted molar refractivity (Wildman–Crippen MR) is 113 cm³/mol. The number of nitrogens with one attached hydrogen (secondary N) is 1. The fourth-order valence-corrected chi connectivity index (χ4v) is 3.28. The van der Waals surface area contributed by atoms with Gasteiger partial charge in [0.1, 0.15) is 11.3 Å². The number of amides is 1. The lowest BCUT2D eigenvalue weighted by Crippen LogP contribution is -2.36. The fourth-order valence-electron chi connectivity index (χ4n) is 3.28. The molecule has 0 saturated heterocycles. The van der Waals surface area contributed by atoms with Gasteiger partial charge in [0, 0.05) is 31.4 Å². The number of benzene rings is 1. The quantitative estimate of drug-likeness (QED) is 0.482. The van der Waals surface area contributed by atoms with E-state index in [1.165, 1.54) is 24.7 Å². The van der Waals surface area contributed by atoms with Gasteiger partial charge in [0.2, 0.25) is 0 Å². The van der Waals surface area contributed by atoms with E-state index in [1.807, 2.05) is 19.1 Å². The van der Waals surface area contributed by atoms with Crippen LogP contribution in [0.25, 0.3) is 16.7 Å². The smallest absolute Gasteiger partial charge is 0.257 e. The van der Waals surface area contributed by atoms with E-state index in [0.29, 0.717) is 35.5 Å². The van der Waals surface area contributed by atoms with Crippen molar-refractivity contribution in [2.24, 2.45) is 5.73 Å². The number of carbonyl (C=O) groups excluding carboxylic acids is 1. The van der Waals surface area contributed by atoms with Gasteiger partial charge in [-0.1, -0.05) is 6.07 Å². The van der Waals surface area contributed by atoms with E-state index in [4.69, 9.17) is 10.2 Å². The molecule has 0 unspecified atom stereocenters. The van der Waals surface area contributed by atoms with Crippen molar-refractivity contribution in [3.8, 4) is 0 Å². The number of nitrogens with two attached hydrogens (primary N) is 1. The summed E-state index contributed by atoms with van der Waals surface area (Å²) in [6.45, 7) is 3.12. The molecule has 3 aromatic heterocycles. The summed E-state index contributed by atoms with van der Waals surface area (Å²) in [5, 5.41) is 0. The predicted octanol–water partition coefficient (Wildman–Crippen LogP) is 2.96. The third-order valence-corrected chi connectivity index (χ3v) is 4.94. The maximum Gasteiger partial charge on any atom is 0.257 e. The third kappa shape index (κ3) is 4.45. The molecule has 0 atom stereocenters. The van der Waals surface area contributed by atoms with E-state index in [9.17, 15) is 9.18 Å². The van der Waals surface area contributed by atoms with Gasteiger partial charge >= 0.3 is 0 Å². The first kappa shape index (κ1) is 20.3. The number of hydrogen-bond donors (Lipinski definition) is 2. The number of nitrogens with zero attached hydrogens (tertiary/aromatic N) is 4. The summed E-state index contributed by atoms with van der Waals surface area (Å²) < 4.78 is 17.3. The highest BCUT2D eigenvalue weighted by molar-refractivity contribution is 6.18. The number of carbonyl (C=O) groups is 1. The first-order valence-electron chi connectivity index (χ1n) is 9.69. The van der Waals surface area contributed by atoms with Crippen molar-refractivity contribution in [2.75, 3.05) is 6.54 Å². The number of halogens is 1. The van der Waals surface area contributed by atoms with Gasteiger partial charge in [0.05, 0.1) is 35.5 Å². The average Bonchev–Trinajstić information content (AvgIpc) is 3.44. The summed E-state index contributed by atoms with van der Waals surface area (Å²) in [5.74, 6) is -0.393. The second kappa shape index (κ2) is 8.78. The van der Waals surface area contributed by atoms with Crippen LogP contribution in [0.4, 0.5) is 4.39 Å². The van der Waals surface area contributed by atoms with Gasteiger partial charge in [-0.2, -0.15) is 0 Å². The monoisotopic (exact) mass is 420 g/mol. The number of fused-ring (bicyclic) bond motifs is 2. The molecule has 1 aliphatic heterocycles. The number of aromatic amines is 1. The summed E-state index contributed by atoms with van der Waals surface area (Å²) >= 11 is 0. The molecule has 4 aromatic rings. The Balaban J connectivity index is 0.000000192. The molecule has 0 radical (unpaired) electrons. The number of hydrogen-bond acceptors (Lipinski definition) is 6. The molecule has 3 N–H and O–H groups in total. The van der Waals surface area contributed by atoms with Crippen molar-refractivity contribution < 1.29 is 13.6 Å². The van der Waals surface area contributed by atoms with Gasteiger partial charge < -0.3 is 20.0 Å². The molecule has 158 valence electrons. The zero-order valence-corrected chi connectivity index (χ0v) is 16.9. The van der Waals surface area contributed by atoms with Gasteiger partial charge in [-0.05, 0) is 30.7 Å². The van der Waals surface area contributed by atoms with Gasteiger partial charge in [0.15, 0.2) is 12.0 Å². The summed E-state index contributed by atoms with van der Waals surface area (Å²) in [7, 11) is 0. The third-order valence-electron chi connectivity index (χ3n) is 4.94. The second-order valence-electron chi connectivity index (χ2n) is 7.07. The minimum atomic E-state index is -0.290. The van der Waals surface area contributed by atoms with E-state index in [-0.39, 0.29) is 11.7 Å². The van der Waals surface area contributed by atoms with E-state index in [0.717, 1.165) is 23.4 Å². The Hall–Kier alpha value is -4.01. The van der Waals surface area contributed by atoms with Crippen molar-refractivity contribution in [3.05, 3.63) is 83.9 Å². The zero-order valence-electron chi connectivity index (χ0n) is 16.9. The lowest BCUT2D eigenvalue weighted by Gasteiger charge is -2.27. The number of aromatic nitrogens is 4. The molecule has 1 aliphatic rings. The summed E-state index contributed by atoms with van der Waals surface area (Å²) in [6.07, 6.45) is 6.78.